The molecule has 1 N–H and O–H groups in total. The van der Waals surface area contributed by atoms with Gasteiger partial charge in [0, 0.05) is 6.07 Å². The van der Waals surface area contributed by atoms with E-state index in [4.69, 9.17) is 5.02 Å². The summed E-state index contributed by atoms with van der Waals surface area (Å²) in [7, 11) is 0.176. The van der Waals surface area contributed by atoms with E-state index in [9.17, 15) is 17.6 Å². The van der Waals surface area contributed by atoms with Crippen molar-refractivity contribution in [1.82, 2.24) is 0 Å². The van der Waals surface area contributed by atoms with Crippen LogP contribution in [0.4, 0.5) is 17.6 Å². The summed E-state index contributed by atoms with van der Waals surface area (Å²) in [5.74, 6) is -1.50. The van der Waals surface area contributed by atoms with Crippen LogP contribution in [0.1, 0.15) is 5.56 Å². The van der Waals surface area contributed by atoms with E-state index < -0.39 is 23.3 Å². The lowest BCUT2D eigenvalue weighted by molar-refractivity contribution is -0.137. The van der Waals surface area contributed by atoms with Gasteiger partial charge in [-0.2, -0.15) is 13.2 Å². The van der Waals surface area contributed by atoms with Gasteiger partial charge in [0.05, 0.1) is 5.56 Å². The van der Waals surface area contributed by atoms with Crippen LogP contribution in [0.2, 0.25) is 0 Å². The van der Waals surface area contributed by atoms with Gasteiger partial charge in [0.2, 0.25) is 0 Å². The lowest BCUT2D eigenvalue weighted by Gasteiger charge is -2.08. The van der Waals surface area contributed by atoms with Crippen LogP contribution in [0.25, 0.3) is 0 Å². The second-order valence-corrected chi connectivity index (χ2v) is 2.40. The number of benzene rings is 1. The quantitative estimate of drug-likeness (QED) is 0.591. The molecule has 0 aliphatic rings. The zero-order valence-electron chi connectivity index (χ0n) is 6.68. The fraction of sp³-hybridized carbons (Fsp3) is 0.143. The Hall–Kier alpha value is -1.24. The standard InChI is InChI=1S/C7H4BF4O2/c9-5-1-4(7(10,11)12)2-6(3-5)14-8-13/h1-3,13H. The van der Waals surface area contributed by atoms with E-state index in [0.717, 1.165) is 6.07 Å². The molecular formula is C7H4BF4O2. The number of halogens is 4. The van der Waals surface area contributed by atoms with Gasteiger partial charge in [0.15, 0.2) is 0 Å². The van der Waals surface area contributed by atoms with Crippen LogP contribution in [0.5, 0.6) is 5.75 Å². The molecule has 1 radical (unpaired) electrons. The van der Waals surface area contributed by atoms with Crippen LogP contribution in [-0.4, -0.2) is 12.7 Å². The number of alkyl halides is 3. The summed E-state index contributed by atoms with van der Waals surface area (Å²) in [5, 5.41) is 8.15. The maximum Gasteiger partial charge on any atom is 0.569 e. The fourth-order valence-corrected chi connectivity index (χ4v) is 0.855. The Balaban J connectivity index is 3.07. The van der Waals surface area contributed by atoms with Crippen LogP contribution in [-0.2, 0) is 6.18 Å². The monoisotopic (exact) mass is 207 g/mol. The van der Waals surface area contributed by atoms with Gasteiger partial charge in [-0.1, -0.05) is 0 Å². The van der Waals surface area contributed by atoms with Crippen LogP contribution < -0.4 is 4.65 Å². The van der Waals surface area contributed by atoms with E-state index in [1.54, 1.807) is 0 Å². The maximum absolute atomic E-state index is 12.6. The first-order valence-electron chi connectivity index (χ1n) is 3.44. The molecule has 0 aliphatic heterocycles. The minimum atomic E-state index is -4.64. The van der Waals surface area contributed by atoms with Crippen molar-refractivity contribution < 1.29 is 27.2 Å². The predicted octanol–water partition coefficient (Wildman–Crippen LogP) is 1.75. The first-order chi connectivity index (χ1) is 6.43. The Morgan fingerprint density at radius 1 is 1.21 bits per heavy atom. The van der Waals surface area contributed by atoms with Crippen LogP contribution in [0.15, 0.2) is 18.2 Å². The van der Waals surface area contributed by atoms with Gasteiger partial charge in [0.25, 0.3) is 0 Å². The predicted molar refractivity (Wildman–Crippen MR) is 40.0 cm³/mol. The van der Waals surface area contributed by atoms with Gasteiger partial charge in [-0.05, 0) is 12.1 Å². The molecule has 75 valence electrons. The van der Waals surface area contributed by atoms with E-state index in [1.807, 2.05) is 0 Å². The SMILES string of the molecule is O[B]Oc1cc(F)cc(C(F)(F)F)c1. The van der Waals surface area contributed by atoms with Gasteiger partial charge >= 0.3 is 13.9 Å². The lowest BCUT2D eigenvalue weighted by atomic mass is 10.2. The molecule has 0 unspecified atom stereocenters. The Morgan fingerprint density at radius 2 is 1.86 bits per heavy atom. The third-order valence-electron chi connectivity index (χ3n) is 1.39. The van der Waals surface area contributed by atoms with Crippen molar-refractivity contribution in [3.63, 3.8) is 0 Å². The van der Waals surface area contributed by atoms with E-state index in [1.165, 1.54) is 0 Å². The molecule has 1 rings (SSSR count). The summed E-state index contributed by atoms with van der Waals surface area (Å²) in [6.45, 7) is 0. The molecule has 2 nitrogen and oxygen atoms in total. The van der Waals surface area contributed by atoms with Gasteiger partial charge in [-0.3, -0.25) is 0 Å². The summed E-state index contributed by atoms with van der Waals surface area (Å²) in [6, 6.07) is 1.64. The van der Waals surface area contributed by atoms with Gasteiger partial charge in [0.1, 0.15) is 11.6 Å². The van der Waals surface area contributed by atoms with Crippen molar-refractivity contribution >= 4 is 7.69 Å². The normalized spacial score (nSPS) is 11.2. The third-order valence-corrected chi connectivity index (χ3v) is 1.39. The molecule has 0 heterocycles. The van der Waals surface area contributed by atoms with Gasteiger partial charge < -0.3 is 9.68 Å². The number of hydrogen-bond donors (Lipinski definition) is 1. The lowest BCUT2D eigenvalue weighted by Crippen LogP contribution is -2.07. The van der Waals surface area contributed by atoms with E-state index >= 15 is 0 Å². The molecule has 0 saturated carbocycles. The molecule has 1 aromatic carbocycles. The smallest absolute Gasteiger partial charge is 0.537 e. The van der Waals surface area contributed by atoms with E-state index in [-0.39, 0.29) is 7.69 Å². The summed E-state index contributed by atoms with van der Waals surface area (Å²) in [6.07, 6.45) is -4.64. The second kappa shape index (κ2) is 3.87. The summed E-state index contributed by atoms with van der Waals surface area (Å²) in [5.41, 5.74) is -1.17. The second-order valence-electron chi connectivity index (χ2n) is 2.40. The van der Waals surface area contributed by atoms with Crippen molar-refractivity contribution in [2.75, 3.05) is 0 Å². The molecule has 0 atom stereocenters. The average Bonchev–Trinajstić information content (AvgIpc) is 2.02. The molecule has 0 spiro atoms. The molecular weight excluding hydrogens is 203 g/mol. The van der Waals surface area contributed by atoms with E-state index in [0.29, 0.717) is 12.1 Å². The Kier molecular flexibility index (Phi) is 3.00. The van der Waals surface area contributed by atoms with Crippen molar-refractivity contribution in [3.05, 3.63) is 29.6 Å². The molecule has 14 heavy (non-hydrogen) atoms. The van der Waals surface area contributed by atoms with Crippen LogP contribution >= 0.6 is 0 Å². The Morgan fingerprint density at radius 3 is 2.36 bits per heavy atom. The molecule has 0 aromatic heterocycles. The third kappa shape index (κ3) is 2.63. The summed E-state index contributed by atoms with van der Waals surface area (Å²) < 4.78 is 53.1. The topological polar surface area (TPSA) is 29.5 Å². The highest BCUT2D eigenvalue weighted by Crippen LogP contribution is 2.32. The zero-order valence-corrected chi connectivity index (χ0v) is 6.68. The van der Waals surface area contributed by atoms with Crippen LogP contribution in [0, 0.1) is 5.82 Å². The molecule has 0 aliphatic carbocycles. The Labute approximate surface area is 77.4 Å². The minimum absolute atomic E-state index is 0.176. The number of rotatable bonds is 2. The molecule has 0 amide bonds. The molecule has 0 bridgehead atoms. The van der Waals surface area contributed by atoms with Crippen molar-refractivity contribution in [2.45, 2.75) is 6.18 Å². The number of hydrogen-bond acceptors (Lipinski definition) is 2. The molecule has 1 aromatic rings. The van der Waals surface area contributed by atoms with Crippen LogP contribution in [0.3, 0.4) is 0 Å². The highest BCUT2D eigenvalue weighted by molar-refractivity contribution is 6.17. The highest BCUT2D eigenvalue weighted by atomic mass is 19.4. The summed E-state index contributed by atoms with van der Waals surface area (Å²) in [4.78, 5) is 0. The fourth-order valence-electron chi connectivity index (χ4n) is 0.855. The molecule has 0 fully saturated rings. The Bertz CT molecular complexity index is 326. The summed E-state index contributed by atoms with van der Waals surface area (Å²) >= 11 is 0. The molecule has 7 heteroatoms. The van der Waals surface area contributed by atoms with Gasteiger partial charge in [-0.15, -0.1) is 0 Å². The van der Waals surface area contributed by atoms with Crippen molar-refractivity contribution in [3.8, 4) is 5.75 Å². The first-order valence-corrected chi connectivity index (χ1v) is 3.44. The average molecular weight is 207 g/mol. The minimum Gasteiger partial charge on any atom is -0.537 e. The first kappa shape index (κ1) is 10.8. The van der Waals surface area contributed by atoms with E-state index in [2.05, 4.69) is 4.65 Å². The van der Waals surface area contributed by atoms with Gasteiger partial charge in [-0.25, -0.2) is 4.39 Å². The van der Waals surface area contributed by atoms with Crippen molar-refractivity contribution in [1.29, 1.82) is 0 Å². The zero-order chi connectivity index (χ0) is 10.8. The maximum atomic E-state index is 12.6. The largest absolute Gasteiger partial charge is 0.569 e. The highest BCUT2D eigenvalue weighted by Gasteiger charge is 2.31. The van der Waals surface area contributed by atoms with Crippen molar-refractivity contribution in [2.24, 2.45) is 0 Å². The molecule has 0 saturated heterocycles.